The Kier molecular flexibility index (Phi) is 3.87. The third-order valence-corrected chi connectivity index (χ3v) is 3.11. The van der Waals surface area contributed by atoms with E-state index in [4.69, 9.17) is 5.73 Å². The van der Waals surface area contributed by atoms with Crippen molar-refractivity contribution in [1.29, 1.82) is 0 Å². The van der Waals surface area contributed by atoms with E-state index in [1.807, 2.05) is 0 Å². The summed E-state index contributed by atoms with van der Waals surface area (Å²) in [6, 6.07) is 0.117. The molecular formula is C11H21F2N. The van der Waals surface area contributed by atoms with Gasteiger partial charge in [-0.3, -0.25) is 0 Å². The third-order valence-electron chi connectivity index (χ3n) is 3.11. The maximum absolute atomic E-state index is 12.9. The molecule has 14 heavy (non-hydrogen) atoms. The number of halogens is 2. The second-order valence-corrected chi connectivity index (χ2v) is 4.99. The summed E-state index contributed by atoms with van der Waals surface area (Å²) < 4.78 is 25.7. The first kappa shape index (κ1) is 11.9. The predicted octanol–water partition coefficient (Wildman–Crippen LogP) is 3.19. The second kappa shape index (κ2) is 4.56. The molecule has 1 atom stereocenters. The molecule has 0 aliphatic heterocycles. The van der Waals surface area contributed by atoms with Gasteiger partial charge in [0, 0.05) is 18.9 Å². The molecule has 0 aromatic heterocycles. The van der Waals surface area contributed by atoms with Gasteiger partial charge in [-0.25, -0.2) is 8.78 Å². The highest BCUT2D eigenvalue weighted by Crippen LogP contribution is 2.37. The summed E-state index contributed by atoms with van der Waals surface area (Å²) in [7, 11) is 0. The Hall–Kier alpha value is -0.180. The molecule has 1 nitrogen and oxygen atoms in total. The van der Waals surface area contributed by atoms with Gasteiger partial charge in [0.05, 0.1) is 0 Å². The van der Waals surface area contributed by atoms with E-state index in [9.17, 15) is 8.78 Å². The summed E-state index contributed by atoms with van der Waals surface area (Å²) in [5, 5.41) is 0. The molecule has 0 saturated heterocycles. The van der Waals surface area contributed by atoms with Gasteiger partial charge in [-0.05, 0) is 31.1 Å². The van der Waals surface area contributed by atoms with Crippen LogP contribution in [0, 0.1) is 11.8 Å². The lowest BCUT2D eigenvalue weighted by Gasteiger charge is -2.32. The number of rotatable bonds is 3. The molecule has 0 amide bonds. The van der Waals surface area contributed by atoms with Gasteiger partial charge in [-0.2, -0.15) is 0 Å². The fraction of sp³-hybridized carbons (Fsp3) is 1.00. The Morgan fingerprint density at radius 3 is 2.21 bits per heavy atom. The minimum absolute atomic E-state index is 0.0312. The van der Waals surface area contributed by atoms with Crippen LogP contribution in [0.25, 0.3) is 0 Å². The van der Waals surface area contributed by atoms with Gasteiger partial charge in [-0.15, -0.1) is 0 Å². The molecule has 1 unspecified atom stereocenters. The average Bonchev–Trinajstić information content (AvgIpc) is 2.02. The number of hydrogen-bond donors (Lipinski definition) is 1. The zero-order chi connectivity index (χ0) is 10.8. The molecule has 0 aromatic carbocycles. The van der Waals surface area contributed by atoms with Crippen LogP contribution in [-0.2, 0) is 0 Å². The largest absolute Gasteiger partial charge is 0.327 e. The quantitative estimate of drug-likeness (QED) is 0.752. The van der Waals surface area contributed by atoms with Gasteiger partial charge >= 0.3 is 0 Å². The van der Waals surface area contributed by atoms with Gasteiger partial charge in [0.2, 0.25) is 5.92 Å². The smallest absolute Gasteiger partial charge is 0.248 e. The van der Waals surface area contributed by atoms with Crippen molar-refractivity contribution in [1.82, 2.24) is 0 Å². The molecule has 84 valence electrons. The zero-order valence-electron chi connectivity index (χ0n) is 9.10. The molecule has 0 aromatic rings. The lowest BCUT2D eigenvalue weighted by molar-refractivity contribution is -0.0487. The summed E-state index contributed by atoms with van der Waals surface area (Å²) in [5.41, 5.74) is 5.99. The van der Waals surface area contributed by atoms with Crippen molar-refractivity contribution >= 4 is 0 Å². The molecule has 0 radical (unpaired) electrons. The SMILES string of the molecule is CC(C)CC(N)C1CCC(F)(F)CC1. The van der Waals surface area contributed by atoms with Crippen LogP contribution in [-0.4, -0.2) is 12.0 Å². The van der Waals surface area contributed by atoms with E-state index in [0.29, 0.717) is 24.7 Å². The van der Waals surface area contributed by atoms with Gasteiger partial charge in [-0.1, -0.05) is 13.8 Å². The van der Waals surface area contributed by atoms with E-state index in [2.05, 4.69) is 13.8 Å². The van der Waals surface area contributed by atoms with Crippen molar-refractivity contribution in [3.05, 3.63) is 0 Å². The normalized spacial score (nSPS) is 25.3. The summed E-state index contributed by atoms with van der Waals surface area (Å²) in [6.07, 6.45) is 2.21. The lowest BCUT2D eigenvalue weighted by Crippen LogP contribution is -2.36. The average molecular weight is 205 g/mol. The minimum atomic E-state index is -2.42. The van der Waals surface area contributed by atoms with E-state index < -0.39 is 5.92 Å². The fourth-order valence-corrected chi connectivity index (χ4v) is 2.23. The molecular weight excluding hydrogens is 184 g/mol. The van der Waals surface area contributed by atoms with E-state index >= 15 is 0 Å². The van der Waals surface area contributed by atoms with Crippen LogP contribution in [0.4, 0.5) is 8.78 Å². The van der Waals surface area contributed by atoms with E-state index in [1.165, 1.54) is 0 Å². The summed E-state index contributed by atoms with van der Waals surface area (Å²) >= 11 is 0. The molecule has 0 heterocycles. The van der Waals surface area contributed by atoms with Gasteiger partial charge in [0.15, 0.2) is 0 Å². The number of alkyl halides is 2. The first-order valence-corrected chi connectivity index (χ1v) is 5.54. The van der Waals surface area contributed by atoms with Crippen molar-refractivity contribution in [2.75, 3.05) is 0 Å². The molecule has 1 rings (SSSR count). The molecule has 2 N–H and O–H groups in total. The monoisotopic (exact) mass is 205 g/mol. The predicted molar refractivity (Wildman–Crippen MR) is 54.3 cm³/mol. The van der Waals surface area contributed by atoms with Crippen molar-refractivity contribution in [2.45, 2.75) is 57.9 Å². The van der Waals surface area contributed by atoms with Crippen LogP contribution < -0.4 is 5.73 Å². The van der Waals surface area contributed by atoms with Gasteiger partial charge in [0.25, 0.3) is 0 Å². The zero-order valence-corrected chi connectivity index (χ0v) is 9.10. The van der Waals surface area contributed by atoms with Crippen molar-refractivity contribution < 1.29 is 8.78 Å². The number of nitrogens with two attached hydrogens (primary N) is 1. The minimum Gasteiger partial charge on any atom is -0.327 e. The highest BCUT2D eigenvalue weighted by Gasteiger charge is 2.36. The third kappa shape index (κ3) is 3.52. The van der Waals surface area contributed by atoms with Crippen molar-refractivity contribution in [3.8, 4) is 0 Å². The maximum Gasteiger partial charge on any atom is 0.248 e. The highest BCUT2D eigenvalue weighted by atomic mass is 19.3. The Bertz CT molecular complexity index is 170. The van der Waals surface area contributed by atoms with Gasteiger partial charge < -0.3 is 5.73 Å². The molecule has 3 heteroatoms. The fourth-order valence-electron chi connectivity index (χ4n) is 2.23. The highest BCUT2D eigenvalue weighted by molar-refractivity contribution is 4.83. The van der Waals surface area contributed by atoms with Crippen LogP contribution in [0.5, 0.6) is 0 Å². The van der Waals surface area contributed by atoms with E-state index in [1.54, 1.807) is 0 Å². The lowest BCUT2D eigenvalue weighted by atomic mass is 9.80. The first-order valence-electron chi connectivity index (χ1n) is 5.54. The van der Waals surface area contributed by atoms with Crippen LogP contribution in [0.3, 0.4) is 0 Å². The second-order valence-electron chi connectivity index (χ2n) is 4.99. The summed E-state index contributed by atoms with van der Waals surface area (Å²) in [6.45, 7) is 4.24. The van der Waals surface area contributed by atoms with Crippen molar-refractivity contribution in [3.63, 3.8) is 0 Å². The molecule has 1 fully saturated rings. The topological polar surface area (TPSA) is 26.0 Å². The first-order chi connectivity index (χ1) is 6.41. The summed E-state index contributed by atoms with van der Waals surface area (Å²) in [4.78, 5) is 0. The Balaban J connectivity index is 2.34. The maximum atomic E-state index is 12.9. The molecule has 0 spiro atoms. The molecule has 1 aliphatic carbocycles. The van der Waals surface area contributed by atoms with Crippen LogP contribution >= 0.6 is 0 Å². The van der Waals surface area contributed by atoms with E-state index in [0.717, 1.165) is 6.42 Å². The summed E-state index contributed by atoms with van der Waals surface area (Å²) in [5.74, 6) is -1.54. The number of hydrogen-bond acceptors (Lipinski definition) is 1. The Morgan fingerprint density at radius 2 is 1.79 bits per heavy atom. The molecule has 1 aliphatic rings. The van der Waals surface area contributed by atoms with Crippen molar-refractivity contribution in [2.24, 2.45) is 17.6 Å². The van der Waals surface area contributed by atoms with Crippen LogP contribution in [0.2, 0.25) is 0 Å². The molecule has 1 saturated carbocycles. The van der Waals surface area contributed by atoms with Gasteiger partial charge in [0.1, 0.15) is 0 Å². The van der Waals surface area contributed by atoms with Crippen LogP contribution in [0.15, 0.2) is 0 Å². The Labute approximate surface area is 85.1 Å². The Morgan fingerprint density at radius 1 is 1.29 bits per heavy atom. The molecule has 0 bridgehead atoms. The standard InChI is InChI=1S/C11H21F2N/c1-8(2)7-10(14)9-3-5-11(12,13)6-4-9/h8-10H,3-7,14H2,1-2H3. The van der Waals surface area contributed by atoms with Crippen LogP contribution in [0.1, 0.15) is 46.0 Å². The van der Waals surface area contributed by atoms with E-state index in [-0.39, 0.29) is 18.9 Å².